The van der Waals surface area contributed by atoms with E-state index in [4.69, 9.17) is 0 Å². The van der Waals surface area contributed by atoms with Crippen LogP contribution in [-0.4, -0.2) is 16.6 Å². The van der Waals surface area contributed by atoms with Gasteiger partial charge in [0.15, 0.2) is 0 Å². The number of nitro groups is 1. The first-order valence-electron chi connectivity index (χ1n) is 5.99. The molecule has 1 atom stereocenters. The minimum atomic E-state index is -0.723. The second kappa shape index (κ2) is 6.49. The molecule has 1 unspecified atom stereocenters. The van der Waals surface area contributed by atoms with Gasteiger partial charge in [-0.3, -0.25) is 10.1 Å². The van der Waals surface area contributed by atoms with Crippen LogP contribution in [0.2, 0.25) is 0 Å². The quantitative estimate of drug-likeness (QED) is 0.647. The van der Waals surface area contributed by atoms with E-state index in [0.717, 1.165) is 5.56 Å². The van der Waals surface area contributed by atoms with Gasteiger partial charge in [0.25, 0.3) is 5.69 Å². The maximum Gasteiger partial charge on any atom is 0.293 e. The number of anilines is 1. The highest BCUT2D eigenvalue weighted by Gasteiger charge is 2.15. The largest absolute Gasteiger partial charge is 0.387 e. The average Bonchev–Trinajstić information content (AvgIpc) is 2.46. The van der Waals surface area contributed by atoms with Crippen molar-refractivity contribution in [1.82, 2.24) is 0 Å². The summed E-state index contributed by atoms with van der Waals surface area (Å²) in [6.45, 7) is 0.201. The molecule has 0 saturated carbocycles. The number of aliphatic hydroxyl groups excluding tert-OH is 1. The summed E-state index contributed by atoms with van der Waals surface area (Å²) in [5, 5.41) is 23.9. The topological polar surface area (TPSA) is 75.4 Å². The molecule has 2 rings (SSSR count). The van der Waals surface area contributed by atoms with Crippen LogP contribution in [0.1, 0.15) is 11.7 Å². The van der Waals surface area contributed by atoms with Gasteiger partial charge in [-0.25, -0.2) is 0 Å². The molecule has 2 aromatic carbocycles. The van der Waals surface area contributed by atoms with Crippen molar-refractivity contribution in [1.29, 1.82) is 0 Å². The SMILES string of the molecule is O=[N+]([O-])c1cc(Br)ccc1NCC(O)c1ccccc1. The summed E-state index contributed by atoms with van der Waals surface area (Å²) in [7, 11) is 0. The van der Waals surface area contributed by atoms with Crippen molar-refractivity contribution >= 4 is 27.3 Å². The van der Waals surface area contributed by atoms with Gasteiger partial charge < -0.3 is 10.4 Å². The second-order valence-electron chi connectivity index (χ2n) is 4.23. The lowest BCUT2D eigenvalue weighted by atomic mass is 10.1. The van der Waals surface area contributed by atoms with Gasteiger partial charge in [-0.1, -0.05) is 46.3 Å². The Hall–Kier alpha value is -1.92. The lowest BCUT2D eigenvalue weighted by Crippen LogP contribution is -2.13. The lowest BCUT2D eigenvalue weighted by Gasteiger charge is -2.13. The molecular weight excluding hydrogens is 324 g/mol. The highest BCUT2D eigenvalue weighted by Crippen LogP contribution is 2.28. The van der Waals surface area contributed by atoms with Crippen molar-refractivity contribution in [2.24, 2.45) is 0 Å². The van der Waals surface area contributed by atoms with E-state index < -0.39 is 11.0 Å². The van der Waals surface area contributed by atoms with Crippen LogP contribution in [0.3, 0.4) is 0 Å². The van der Waals surface area contributed by atoms with E-state index in [1.807, 2.05) is 30.3 Å². The smallest absolute Gasteiger partial charge is 0.293 e. The van der Waals surface area contributed by atoms with Crippen LogP contribution < -0.4 is 5.32 Å². The molecule has 0 aliphatic carbocycles. The van der Waals surface area contributed by atoms with Gasteiger partial charge in [-0.15, -0.1) is 0 Å². The van der Waals surface area contributed by atoms with Gasteiger partial charge in [0.2, 0.25) is 0 Å². The minimum absolute atomic E-state index is 0.0281. The first kappa shape index (κ1) is 14.5. The van der Waals surface area contributed by atoms with E-state index in [9.17, 15) is 15.2 Å². The van der Waals surface area contributed by atoms with E-state index in [1.54, 1.807) is 12.1 Å². The number of nitro benzene ring substituents is 1. The van der Waals surface area contributed by atoms with E-state index >= 15 is 0 Å². The maximum atomic E-state index is 11.0. The molecule has 6 heteroatoms. The van der Waals surface area contributed by atoms with Crippen LogP contribution in [0.15, 0.2) is 53.0 Å². The van der Waals surface area contributed by atoms with Crippen LogP contribution in [0.5, 0.6) is 0 Å². The van der Waals surface area contributed by atoms with Gasteiger partial charge >= 0.3 is 0 Å². The van der Waals surface area contributed by atoms with Gasteiger partial charge in [-0.05, 0) is 17.7 Å². The lowest BCUT2D eigenvalue weighted by molar-refractivity contribution is -0.384. The summed E-state index contributed by atoms with van der Waals surface area (Å²) in [4.78, 5) is 10.5. The Morgan fingerprint density at radius 2 is 1.95 bits per heavy atom. The Morgan fingerprint density at radius 1 is 1.25 bits per heavy atom. The fourth-order valence-electron chi connectivity index (χ4n) is 1.81. The van der Waals surface area contributed by atoms with E-state index in [2.05, 4.69) is 21.2 Å². The van der Waals surface area contributed by atoms with Crippen molar-refractivity contribution in [2.75, 3.05) is 11.9 Å². The fourth-order valence-corrected chi connectivity index (χ4v) is 2.15. The minimum Gasteiger partial charge on any atom is -0.387 e. The van der Waals surface area contributed by atoms with Crippen molar-refractivity contribution in [3.05, 3.63) is 68.7 Å². The molecule has 0 spiro atoms. The molecule has 0 aromatic heterocycles. The van der Waals surface area contributed by atoms with E-state index in [-0.39, 0.29) is 12.2 Å². The number of hydrogen-bond donors (Lipinski definition) is 2. The zero-order chi connectivity index (χ0) is 14.5. The Labute approximate surface area is 124 Å². The highest BCUT2D eigenvalue weighted by atomic mass is 79.9. The zero-order valence-corrected chi connectivity index (χ0v) is 12.1. The first-order valence-corrected chi connectivity index (χ1v) is 6.78. The second-order valence-corrected chi connectivity index (χ2v) is 5.14. The van der Waals surface area contributed by atoms with Gasteiger partial charge in [0, 0.05) is 17.1 Å². The van der Waals surface area contributed by atoms with Crippen LogP contribution in [0.4, 0.5) is 11.4 Å². The van der Waals surface area contributed by atoms with Crippen LogP contribution in [0.25, 0.3) is 0 Å². The summed E-state index contributed by atoms with van der Waals surface area (Å²) in [6.07, 6.45) is -0.723. The van der Waals surface area contributed by atoms with Crippen molar-refractivity contribution in [3.63, 3.8) is 0 Å². The number of benzene rings is 2. The zero-order valence-electron chi connectivity index (χ0n) is 10.5. The molecule has 0 heterocycles. The Morgan fingerprint density at radius 3 is 2.60 bits per heavy atom. The number of nitrogens with zero attached hydrogens (tertiary/aromatic N) is 1. The molecule has 0 aliphatic heterocycles. The number of aliphatic hydroxyl groups is 1. The van der Waals surface area contributed by atoms with Crippen molar-refractivity contribution in [2.45, 2.75) is 6.10 Å². The molecule has 2 N–H and O–H groups in total. The third-order valence-corrected chi connectivity index (χ3v) is 3.32. The van der Waals surface area contributed by atoms with E-state index in [1.165, 1.54) is 6.07 Å². The predicted octanol–water partition coefficient (Wildman–Crippen LogP) is 3.50. The Balaban J connectivity index is 2.09. The normalized spacial score (nSPS) is 11.9. The molecule has 0 amide bonds. The fraction of sp³-hybridized carbons (Fsp3) is 0.143. The van der Waals surface area contributed by atoms with E-state index in [0.29, 0.717) is 10.2 Å². The van der Waals surface area contributed by atoms with Crippen LogP contribution in [0, 0.1) is 10.1 Å². The number of rotatable bonds is 5. The third kappa shape index (κ3) is 3.55. The summed E-state index contributed by atoms with van der Waals surface area (Å²) in [5.74, 6) is 0. The predicted molar refractivity (Wildman–Crippen MR) is 80.7 cm³/mol. The number of nitrogens with one attached hydrogen (secondary N) is 1. The number of hydrogen-bond acceptors (Lipinski definition) is 4. The van der Waals surface area contributed by atoms with Crippen molar-refractivity contribution in [3.8, 4) is 0 Å². The molecule has 0 radical (unpaired) electrons. The highest BCUT2D eigenvalue weighted by molar-refractivity contribution is 9.10. The monoisotopic (exact) mass is 336 g/mol. The van der Waals surface area contributed by atoms with Crippen LogP contribution >= 0.6 is 15.9 Å². The third-order valence-electron chi connectivity index (χ3n) is 2.83. The standard InChI is InChI=1S/C14H13BrN2O3/c15-11-6-7-12(13(8-11)17(19)20)16-9-14(18)10-4-2-1-3-5-10/h1-8,14,16,18H,9H2. The summed E-state index contributed by atoms with van der Waals surface area (Å²) in [5.41, 5.74) is 1.12. The van der Waals surface area contributed by atoms with Gasteiger partial charge in [0.05, 0.1) is 11.0 Å². The summed E-state index contributed by atoms with van der Waals surface area (Å²) in [6, 6.07) is 13.9. The molecule has 20 heavy (non-hydrogen) atoms. The molecule has 2 aromatic rings. The molecule has 5 nitrogen and oxygen atoms in total. The Kier molecular flexibility index (Phi) is 4.70. The van der Waals surface area contributed by atoms with Crippen LogP contribution in [-0.2, 0) is 0 Å². The molecular formula is C14H13BrN2O3. The molecule has 0 saturated heterocycles. The maximum absolute atomic E-state index is 11.0. The summed E-state index contributed by atoms with van der Waals surface area (Å²) >= 11 is 3.20. The molecule has 104 valence electrons. The Bertz CT molecular complexity index is 605. The van der Waals surface area contributed by atoms with Gasteiger partial charge in [-0.2, -0.15) is 0 Å². The van der Waals surface area contributed by atoms with Gasteiger partial charge in [0.1, 0.15) is 5.69 Å². The summed E-state index contributed by atoms with van der Waals surface area (Å²) < 4.78 is 0.637. The number of halogens is 1. The molecule has 0 aliphatic rings. The molecule has 0 bridgehead atoms. The average molecular weight is 337 g/mol. The molecule has 0 fully saturated rings. The van der Waals surface area contributed by atoms with Crippen molar-refractivity contribution < 1.29 is 10.0 Å². The first-order chi connectivity index (χ1) is 9.58.